The van der Waals surface area contributed by atoms with Crippen LogP contribution in [0.5, 0.6) is 0 Å². The van der Waals surface area contributed by atoms with Gasteiger partial charge in [-0.05, 0) is 43.3 Å². The Labute approximate surface area is 115 Å². The fraction of sp³-hybridized carbons (Fsp3) is 0.333. The summed E-state index contributed by atoms with van der Waals surface area (Å²) in [5, 5.41) is 3.12. The molecular weight excluding hydrogens is 267 g/mol. The minimum Gasteiger partial charge on any atom is -0.469 e. The van der Waals surface area contributed by atoms with E-state index in [-0.39, 0.29) is 6.04 Å². The van der Waals surface area contributed by atoms with Crippen molar-refractivity contribution in [3.8, 4) is 0 Å². The first-order valence-electron chi connectivity index (χ1n) is 6.37. The van der Waals surface area contributed by atoms with Crippen LogP contribution in [0.25, 0.3) is 0 Å². The number of benzene rings is 1. The molecule has 2 aromatic rings. The van der Waals surface area contributed by atoms with Crippen LogP contribution in [0.2, 0.25) is 0 Å². The second-order valence-electron chi connectivity index (χ2n) is 4.58. The number of rotatable bonds is 5. The first-order chi connectivity index (χ1) is 9.50. The summed E-state index contributed by atoms with van der Waals surface area (Å²) in [6, 6.07) is 8.99. The van der Waals surface area contributed by atoms with Gasteiger partial charge in [0.05, 0.1) is 11.8 Å². The monoisotopic (exact) mass is 283 g/mol. The molecule has 1 heterocycles. The van der Waals surface area contributed by atoms with E-state index in [1.807, 2.05) is 12.1 Å². The van der Waals surface area contributed by atoms with E-state index in [0.29, 0.717) is 0 Å². The molecule has 0 aliphatic heterocycles. The number of alkyl halides is 3. The van der Waals surface area contributed by atoms with Crippen LogP contribution >= 0.6 is 0 Å². The fourth-order valence-corrected chi connectivity index (χ4v) is 2.12. The van der Waals surface area contributed by atoms with Gasteiger partial charge in [-0.3, -0.25) is 0 Å². The first-order valence-corrected chi connectivity index (χ1v) is 6.37. The molecule has 0 saturated carbocycles. The highest BCUT2D eigenvalue weighted by Gasteiger charge is 2.30. The first kappa shape index (κ1) is 14.7. The molecule has 2 nitrogen and oxygen atoms in total. The molecule has 0 radical (unpaired) electrons. The fourth-order valence-electron chi connectivity index (χ4n) is 2.12. The Balaban J connectivity index is 2.04. The van der Waals surface area contributed by atoms with Gasteiger partial charge in [0.2, 0.25) is 0 Å². The maximum absolute atomic E-state index is 12.5. The summed E-state index contributed by atoms with van der Waals surface area (Å²) in [6.07, 6.45) is -1.18. The lowest BCUT2D eigenvalue weighted by atomic mass is 10.00. The van der Waals surface area contributed by atoms with Gasteiger partial charge in [-0.2, -0.15) is 13.2 Å². The summed E-state index contributed by atoms with van der Waals surface area (Å²) in [4.78, 5) is 0. The normalized spacial score (nSPS) is 13.4. The van der Waals surface area contributed by atoms with Crippen molar-refractivity contribution in [3.05, 3.63) is 59.5 Å². The Morgan fingerprint density at radius 1 is 1.15 bits per heavy atom. The summed E-state index contributed by atoms with van der Waals surface area (Å²) < 4.78 is 42.8. The zero-order chi connectivity index (χ0) is 14.6. The zero-order valence-electron chi connectivity index (χ0n) is 11.1. The predicted octanol–water partition coefficient (Wildman–Crippen LogP) is 4.19. The van der Waals surface area contributed by atoms with Crippen LogP contribution in [0.15, 0.2) is 47.1 Å². The van der Waals surface area contributed by atoms with E-state index >= 15 is 0 Å². The highest BCUT2D eigenvalue weighted by Crippen LogP contribution is 2.30. The lowest BCUT2D eigenvalue weighted by Crippen LogP contribution is -2.17. The standard InChI is InChI=1S/C15H16F3NO/c1-19-14(9-8-13-3-2-10-20-13)11-4-6-12(7-5-11)15(16,17)18/h2-7,10,14,19H,8-9H2,1H3. The third-order valence-corrected chi connectivity index (χ3v) is 3.25. The van der Waals surface area contributed by atoms with Crippen molar-refractivity contribution in [2.45, 2.75) is 25.1 Å². The van der Waals surface area contributed by atoms with Crippen LogP contribution in [0.4, 0.5) is 13.2 Å². The van der Waals surface area contributed by atoms with Crippen molar-refractivity contribution in [2.75, 3.05) is 7.05 Å². The molecule has 0 aliphatic rings. The molecule has 1 aromatic carbocycles. The maximum atomic E-state index is 12.5. The molecule has 2 rings (SSSR count). The van der Waals surface area contributed by atoms with Crippen molar-refractivity contribution in [1.82, 2.24) is 5.32 Å². The lowest BCUT2D eigenvalue weighted by molar-refractivity contribution is -0.137. The van der Waals surface area contributed by atoms with Crippen LogP contribution < -0.4 is 5.32 Å². The largest absolute Gasteiger partial charge is 0.469 e. The summed E-state index contributed by atoms with van der Waals surface area (Å²) in [7, 11) is 1.80. The summed E-state index contributed by atoms with van der Waals surface area (Å²) in [5.41, 5.74) is 0.217. The number of hydrogen-bond acceptors (Lipinski definition) is 2. The van der Waals surface area contributed by atoms with E-state index in [9.17, 15) is 13.2 Å². The van der Waals surface area contributed by atoms with Gasteiger partial charge in [-0.25, -0.2) is 0 Å². The van der Waals surface area contributed by atoms with Crippen molar-refractivity contribution >= 4 is 0 Å². The molecule has 0 saturated heterocycles. The van der Waals surface area contributed by atoms with E-state index < -0.39 is 11.7 Å². The summed E-state index contributed by atoms with van der Waals surface area (Å²) >= 11 is 0. The van der Waals surface area contributed by atoms with E-state index in [2.05, 4.69) is 5.32 Å². The molecule has 1 unspecified atom stereocenters. The third-order valence-electron chi connectivity index (χ3n) is 3.25. The van der Waals surface area contributed by atoms with Crippen LogP contribution in [0.3, 0.4) is 0 Å². The smallest absolute Gasteiger partial charge is 0.416 e. The van der Waals surface area contributed by atoms with Gasteiger partial charge in [0.1, 0.15) is 5.76 Å². The molecule has 5 heteroatoms. The number of halogens is 3. The highest BCUT2D eigenvalue weighted by atomic mass is 19.4. The Morgan fingerprint density at radius 2 is 1.85 bits per heavy atom. The van der Waals surface area contributed by atoms with Gasteiger partial charge in [0, 0.05) is 12.5 Å². The quantitative estimate of drug-likeness (QED) is 0.890. The molecule has 1 atom stereocenters. The van der Waals surface area contributed by atoms with Gasteiger partial charge in [-0.15, -0.1) is 0 Å². The number of hydrogen-bond donors (Lipinski definition) is 1. The molecular formula is C15H16F3NO. The molecule has 0 spiro atoms. The molecule has 20 heavy (non-hydrogen) atoms. The molecule has 1 aromatic heterocycles. The van der Waals surface area contributed by atoms with Gasteiger partial charge in [-0.1, -0.05) is 12.1 Å². The molecule has 0 bridgehead atoms. The zero-order valence-corrected chi connectivity index (χ0v) is 11.1. The van der Waals surface area contributed by atoms with Crippen LogP contribution in [0.1, 0.15) is 29.3 Å². The lowest BCUT2D eigenvalue weighted by Gasteiger charge is -2.17. The molecule has 0 fully saturated rings. The Bertz CT molecular complexity index is 517. The molecule has 108 valence electrons. The van der Waals surface area contributed by atoms with Gasteiger partial charge < -0.3 is 9.73 Å². The molecule has 0 amide bonds. The van der Waals surface area contributed by atoms with Crippen molar-refractivity contribution in [3.63, 3.8) is 0 Å². The van der Waals surface area contributed by atoms with Crippen LogP contribution in [0, 0.1) is 0 Å². The van der Waals surface area contributed by atoms with E-state index in [4.69, 9.17) is 4.42 Å². The SMILES string of the molecule is CNC(CCc1ccco1)c1ccc(C(F)(F)F)cc1. The Morgan fingerprint density at radius 3 is 2.35 bits per heavy atom. The molecule has 0 aliphatic carbocycles. The second-order valence-corrected chi connectivity index (χ2v) is 4.58. The van der Waals surface area contributed by atoms with E-state index in [1.54, 1.807) is 13.3 Å². The van der Waals surface area contributed by atoms with Crippen LogP contribution in [-0.2, 0) is 12.6 Å². The van der Waals surface area contributed by atoms with Crippen molar-refractivity contribution < 1.29 is 17.6 Å². The Hall–Kier alpha value is -1.75. The van der Waals surface area contributed by atoms with E-state index in [0.717, 1.165) is 36.3 Å². The van der Waals surface area contributed by atoms with Gasteiger partial charge in [0.25, 0.3) is 0 Å². The second kappa shape index (κ2) is 6.13. The van der Waals surface area contributed by atoms with Crippen molar-refractivity contribution in [2.24, 2.45) is 0 Å². The van der Waals surface area contributed by atoms with E-state index in [1.165, 1.54) is 12.1 Å². The van der Waals surface area contributed by atoms with Crippen molar-refractivity contribution in [1.29, 1.82) is 0 Å². The number of aryl methyl sites for hydroxylation is 1. The maximum Gasteiger partial charge on any atom is 0.416 e. The highest BCUT2D eigenvalue weighted by molar-refractivity contribution is 5.27. The van der Waals surface area contributed by atoms with Gasteiger partial charge >= 0.3 is 6.18 Å². The third kappa shape index (κ3) is 3.63. The average Bonchev–Trinajstić information content (AvgIpc) is 2.92. The average molecular weight is 283 g/mol. The topological polar surface area (TPSA) is 25.2 Å². The summed E-state index contributed by atoms with van der Waals surface area (Å²) in [6.45, 7) is 0. The Kier molecular flexibility index (Phi) is 4.49. The van der Waals surface area contributed by atoms with Gasteiger partial charge in [0.15, 0.2) is 0 Å². The predicted molar refractivity (Wildman–Crippen MR) is 70.3 cm³/mol. The minimum atomic E-state index is -4.29. The minimum absolute atomic E-state index is 0.00221. The number of nitrogens with one attached hydrogen (secondary N) is 1. The molecule has 1 N–H and O–H groups in total. The van der Waals surface area contributed by atoms with Crippen LogP contribution in [-0.4, -0.2) is 7.05 Å². The number of furan rings is 1. The summed E-state index contributed by atoms with van der Waals surface area (Å²) in [5.74, 6) is 0.872.